The molecule has 2 rings (SSSR count). The van der Waals surface area contributed by atoms with Crippen LogP contribution in [0.25, 0.3) is 0 Å². The summed E-state index contributed by atoms with van der Waals surface area (Å²) in [5.41, 5.74) is 4.99. The first-order valence-electron chi connectivity index (χ1n) is 7.21. The molecule has 1 fully saturated rings. The maximum absolute atomic E-state index is 11.6. The third kappa shape index (κ3) is 3.39. The van der Waals surface area contributed by atoms with Gasteiger partial charge in [0.05, 0.1) is 17.2 Å². The van der Waals surface area contributed by atoms with Gasteiger partial charge in [0.2, 0.25) is 0 Å². The number of nitrogens with one attached hydrogen (secondary N) is 1. The van der Waals surface area contributed by atoms with E-state index in [2.05, 4.69) is 30.4 Å². The lowest BCUT2D eigenvalue weighted by Crippen LogP contribution is -2.43. The molecule has 20 heavy (non-hydrogen) atoms. The van der Waals surface area contributed by atoms with E-state index in [1.807, 2.05) is 4.68 Å². The second-order valence-electron chi connectivity index (χ2n) is 5.44. The molecule has 1 aromatic heterocycles. The molecule has 1 aliphatic heterocycles. The molecule has 2 atom stereocenters. The molecular formula is C13H24N4O2S. The van der Waals surface area contributed by atoms with Crippen molar-refractivity contribution >= 4 is 9.84 Å². The Morgan fingerprint density at radius 2 is 2.30 bits per heavy atom. The van der Waals surface area contributed by atoms with E-state index in [4.69, 9.17) is 5.84 Å². The zero-order valence-electron chi connectivity index (χ0n) is 12.2. The lowest BCUT2D eigenvalue weighted by molar-refractivity contribution is 0.376. The van der Waals surface area contributed by atoms with Crippen LogP contribution in [0.1, 0.15) is 31.7 Å². The zero-order chi connectivity index (χ0) is 14.8. The van der Waals surface area contributed by atoms with Gasteiger partial charge in [-0.25, -0.2) is 8.42 Å². The fourth-order valence-corrected chi connectivity index (χ4v) is 4.73. The lowest BCUT2D eigenvalue weighted by atomic mass is 9.95. The monoisotopic (exact) mass is 300 g/mol. The van der Waals surface area contributed by atoms with E-state index in [1.54, 1.807) is 0 Å². The van der Waals surface area contributed by atoms with Crippen LogP contribution in [0.2, 0.25) is 0 Å². The summed E-state index contributed by atoms with van der Waals surface area (Å²) in [4.78, 5) is 0. The molecule has 1 aliphatic rings. The summed E-state index contributed by atoms with van der Waals surface area (Å²) in [6.07, 6.45) is 2.31. The van der Waals surface area contributed by atoms with Crippen molar-refractivity contribution in [2.75, 3.05) is 11.5 Å². The first-order valence-corrected chi connectivity index (χ1v) is 9.03. The van der Waals surface area contributed by atoms with E-state index in [-0.39, 0.29) is 23.5 Å². The van der Waals surface area contributed by atoms with E-state index in [0.717, 1.165) is 30.8 Å². The lowest BCUT2D eigenvalue weighted by Gasteiger charge is -2.21. The highest BCUT2D eigenvalue weighted by molar-refractivity contribution is 7.91. The average Bonchev–Trinajstić information content (AvgIpc) is 2.98. The predicted molar refractivity (Wildman–Crippen MR) is 78.9 cm³/mol. The Bertz CT molecular complexity index is 553. The van der Waals surface area contributed by atoms with Crippen molar-refractivity contribution in [3.63, 3.8) is 0 Å². The number of hydrogen-bond donors (Lipinski definition) is 2. The van der Waals surface area contributed by atoms with Crippen LogP contribution in [0.3, 0.4) is 0 Å². The Kier molecular flexibility index (Phi) is 4.82. The van der Waals surface area contributed by atoms with Crippen molar-refractivity contribution in [2.24, 2.45) is 11.8 Å². The molecule has 1 aromatic rings. The van der Waals surface area contributed by atoms with Crippen molar-refractivity contribution in [2.45, 2.75) is 45.7 Å². The van der Waals surface area contributed by atoms with Gasteiger partial charge in [-0.05, 0) is 31.7 Å². The minimum atomic E-state index is -2.88. The molecule has 1 saturated heterocycles. The molecule has 0 aliphatic carbocycles. The number of rotatable bonds is 6. The molecule has 0 spiro atoms. The van der Waals surface area contributed by atoms with Crippen molar-refractivity contribution in [1.82, 2.24) is 15.2 Å². The summed E-state index contributed by atoms with van der Waals surface area (Å²) in [7, 11) is -2.88. The molecule has 114 valence electrons. The maximum atomic E-state index is 11.6. The second-order valence-corrected chi connectivity index (χ2v) is 7.67. The highest BCUT2D eigenvalue weighted by atomic mass is 32.2. The molecule has 2 heterocycles. The first kappa shape index (κ1) is 15.5. The standard InChI is InChI=1S/C13H24N4O2S/c1-3-11-7-12(17(4-2)16-11)8-13(15-14)10-5-6-20(18,19)9-10/h7,10,13,15H,3-6,8-9,14H2,1-2H3. The van der Waals surface area contributed by atoms with Crippen LogP contribution in [0.4, 0.5) is 0 Å². The summed E-state index contributed by atoms with van der Waals surface area (Å²) in [5, 5.41) is 4.52. The van der Waals surface area contributed by atoms with E-state index >= 15 is 0 Å². The van der Waals surface area contributed by atoms with E-state index in [0.29, 0.717) is 6.42 Å². The number of sulfone groups is 1. The van der Waals surface area contributed by atoms with Gasteiger partial charge in [-0.1, -0.05) is 6.92 Å². The van der Waals surface area contributed by atoms with Gasteiger partial charge in [0, 0.05) is 24.7 Å². The minimum Gasteiger partial charge on any atom is -0.271 e. The van der Waals surface area contributed by atoms with Gasteiger partial charge in [-0.2, -0.15) is 5.10 Å². The van der Waals surface area contributed by atoms with Gasteiger partial charge >= 0.3 is 0 Å². The fraction of sp³-hybridized carbons (Fsp3) is 0.769. The van der Waals surface area contributed by atoms with E-state index in [9.17, 15) is 8.42 Å². The molecule has 0 aromatic carbocycles. The maximum Gasteiger partial charge on any atom is 0.150 e. The molecule has 0 saturated carbocycles. The second kappa shape index (κ2) is 6.24. The number of hydrazine groups is 1. The SMILES string of the molecule is CCc1cc(CC(NN)C2CCS(=O)(=O)C2)n(CC)n1. The molecule has 0 radical (unpaired) electrons. The van der Waals surface area contributed by atoms with Crippen molar-refractivity contribution < 1.29 is 8.42 Å². The van der Waals surface area contributed by atoms with Crippen molar-refractivity contribution in [3.8, 4) is 0 Å². The van der Waals surface area contributed by atoms with Crippen molar-refractivity contribution in [3.05, 3.63) is 17.5 Å². The molecular weight excluding hydrogens is 276 g/mol. The van der Waals surface area contributed by atoms with Gasteiger partial charge in [0.1, 0.15) is 0 Å². The topological polar surface area (TPSA) is 90.0 Å². The van der Waals surface area contributed by atoms with Gasteiger partial charge in [0.15, 0.2) is 9.84 Å². The van der Waals surface area contributed by atoms with Gasteiger partial charge < -0.3 is 0 Å². The highest BCUT2D eigenvalue weighted by Crippen LogP contribution is 2.24. The van der Waals surface area contributed by atoms with Crippen LogP contribution in [-0.4, -0.2) is 35.7 Å². The molecule has 0 bridgehead atoms. The minimum absolute atomic E-state index is 0.0148. The molecule has 6 nitrogen and oxygen atoms in total. The summed E-state index contributed by atoms with van der Waals surface area (Å²) in [5.74, 6) is 6.26. The summed E-state index contributed by atoms with van der Waals surface area (Å²) in [6, 6.07) is 2.08. The van der Waals surface area contributed by atoms with Crippen LogP contribution in [-0.2, 0) is 29.2 Å². The molecule has 0 amide bonds. The third-order valence-corrected chi connectivity index (χ3v) is 5.85. The largest absolute Gasteiger partial charge is 0.271 e. The zero-order valence-corrected chi connectivity index (χ0v) is 13.0. The number of nitrogens with two attached hydrogens (primary N) is 1. The van der Waals surface area contributed by atoms with Gasteiger partial charge in [0.25, 0.3) is 0 Å². The number of aromatic nitrogens is 2. The highest BCUT2D eigenvalue weighted by Gasteiger charge is 2.33. The number of aryl methyl sites for hydroxylation is 2. The first-order chi connectivity index (χ1) is 9.49. The third-order valence-electron chi connectivity index (χ3n) is 4.06. The van der Waals surface area contributed by atoms with Crippen LogP contribution in [0.15, 0.2) is 6.07 Å². The summed E-state index contributed by atoms with van der Waals surface area (Å²) in [6.45, 7) is 4.95. The van der Waals surface area contributed by atoms with E-state index in [1.165, 1.54) is 0 Å². The number of hydrogen-bond acceptors (Lipinski definition) is 5. The molecule has 3 N–H and O–H groups in total. The predicted octanol–water partition coefficient (Wildman–Crippen LogP) is 0.275. The van der Waals surface area contributed by atoms with Crippen LogP contribution in [0.5, 0.6) is 0 Å². The van der Waals surface area contributed by atoms with Crippen molar-refractivity contribution in [1.29, 1.82) is 0 Å². The average molecular weight is 300 g/mol. The summed E-state index contributed by atoms with van der Waals surface area (Å²) >= 11 is 0. The summed E-state index contributed by atoms with van der Waals surface area (Å²) < 4.78 is 25.2. The molecule has 7 heteroatoms. The van der Waals surface area contributed by atoms with Gasteiger partial charge in [-0.3, -0.25) is 16.0 Å². The smallest absolute Gasteiger partial charge is 0.150 e. The number of nitrogens with zero attached hydrogens (tertiary/aromatic N) is 2. The Morgan fingerprint density at radius 3 is 2.80 bits per heavy atom. The quantitative estimate of drug-likeness (QED) is 0.581. The normalized spacial score (nSPS) is 23.1. The van der Waals surface area contributed by atoms with Crippen LogP contribution >= 0.6 is 0 Å². The Hall–Kier alpha value is -0.920. The Morgan fingerprint density at radius 1 is 1.55 bits per heavy atom. The Balaban J connectivity index is 2.12. The Labute approximate surface area is 120 Å². The van der Waals surface area contributed by atoms with Crippen LogP contribution < -0.4 is 11.3 Å². The van der Waals surface area contributed by atoms with E-state index < -0.39 is 9.84 Å². The van der Waals surface area contributed by atoms with Gasteiger partial charge in [-0.15, -0.1) is 0 Å². The molecule has 2 unspecified atom stereocenters. The fourth-order valence-electron chi connectivity index (χ4n) is 2.85. The van der Waals surface area contributed by atoms with Crippen LogP contribution in [0, 0.1) is 5.92 Å².